The maximum Gasteiger partial charge on any atom is 0.322 e. The van der Waals surface area contributed by atoms with E-state index in [4.69, 9.17) is 9.47 Å². The van der Waals surface area contributed by atoms with Gasteiger partial charge in [0, 0.05) is 36.0 Å². The Bertz CT molecular complexity index is 989. The zero-order valence-corrected chi connectivity index (χ0v) is 17.9. The first-order valence-electron chi connectivity index (χ1n) is 10.0. The Balaban J connectivity index is 1.50. The van der Waals surface area contributed by atoms with Gasteiger partial charge in [0.05, 0.1) is 24.4 Å². The third kappa shape index (κ3) is 3.84. The van der Waals surface area contributed by atoms with Gasteiger partial charge in [0.25, 0.3) is 0 Å². The van der Waals surface area contributed by atoms with Crippen LogP contribution in [-0.2, 0) is 9.84 Å². The summed E-state index contributed by atoms with van der Waals surface area (Å²) in [5, 5.41) is 2.46. The van der Waals surface area contributed by atoms with E-state index in [1.807, 2.05) is 11.0 Å². The lowest BCUT2D eigenvalue weighted by atomic mass is 10.0. The average Bonchev–Trinajstić information content (AvgIpc) is 3.03. The fraction of sp³-hybridized carbons (Fsp3) is 0.409. The molecule has 2 aromatic carbocycles. The van der Waals surface area contributed by atoms with Gasteiger partial charge in [0.1, 0.15) is 11.5 Å². The number of nitrogens with one attached hydrogen (secondary N) is 1. The van der Waals surface area contributed by atoms with E-state index in [2.05, 4.69) is 5.32 Å². The van der Waals surface area contributed by atoms with E-state index in [9.17, 15) is 13.2 Å². The molecule has 0 spiro atoms. The zero-order valence-electron chi connectivity index (χ0n) is 17.1. The molecular weight excluding hydrogens is 404 g/mol. The summed E-state index contributed by atoms with van der Waals surface area (Å²) in [6.07, 6.45) is 2.56. The summed E-state index contributed by atoms with van der Waals surface area (Å²) in [6.45, 7) is 0. The van der Waals surface area contributed by atoms with Gasteiger partial charge in [-0.1, -0.05) is 18.2 Å². The Labute approximate surface area is 176 Å². The van der Waals surface area contributed by atoms with Crippen LogP contribution in [0.1, 0.15) is 25.7 Å². The first kappa shape index (κ1) is 20.5. The third-order valence-electron chi connectivity index (χ3n) is 6.04. The van der Waals surface area contributed by atoms with Crippen LogP contribution < -0.4 is 14.8 Å². The van der Waals surface area contributed by atoms with Gasteiger partial charge in [-0.15, -0.1) is 0 Å². The van der Waals surface area contributed by atoms with Crippen LogP contribution in [0.5, 0.6) is 11.5 Å². The molecule has 2 atom stereocenters. The van der Waals surface area contributed by atoms with E-state index < -0.39 is 15.1 Å². The van der Waals surface area contributed by atoms with Crippen LogP contribution >= 0.6 is 0 Å². The number of nitrogens with zero attached hydrogens (tertiary/aromatic N) is 1. The molecule has 0 saturated carbocycles. The van der Waals surface area contributed by atoms with Crippen LogP contribution in [0.25, 0.3) is 0 Å². The zero-order chi connectivity index (χ0) is 21.3. The van der Waals surface area contributed by atoms with E-state index in [0.29, 0.717) is 34.9 Å². The van der Waals surface area contributed by atoms with Gasteiger partial charge in [-0.2, -0.15) is 0 Å². The van der Waals surface area contributed by atoms with Crippen molar-refractivity contribution in [2.45, 2.75) is 47.9 Å². The number of urea groups is 1. The minimum absolute atomic E-state index is 0.0836. The Morgan fingerprint density at radius 1 is 0.967 bits per heavy atom. The second kappa shape index (κ2) is 8.18. The van der Waals surface area contributed by atoms with Crippen molar-refractivity contribution in [2.75, 3.05) is 19.5 Å². The molecule has 2 aliphatic heterocycles. The van der Waals surface area contributed by atoms with E-state index in [1.54, 1.807) is 56.7 Å². The molecule has 1 N–H and O–H groups in total. The van der Waals surface area contributed by atoms with Crippen LogP contribution in [0.4, 0.5) is 10.5 Å². The molecule has 7 nitrogen and oxygen atoms in total. The number of hydrogen-bond donors (Lipinski definition) is 1. The molecule has 2 bridgehead atoms. The number of ether oxygens (including phenoxy) is 2. The average molecular weight is 431 g/mol. The number of fused-ring (bicyclic) bond motifs is 2. The Morgan fingerprint density at radius 2 is 1.53 bits per heavy atom. The van der Waals surface area contributed by atoms with Gasteiger partial charge in [-0.3, -0.25) is 0 Å². The van der Waals surface area contributed by atoms with Crippen molar-refractivity contribution in [1.29, 1.82) is 0 Å². The maximum absolute atomic E-state index is 13.1. The first-order chi connectivity index (χ1) is 14.4. The topological polar surface area (TPSA) is 84.9 Å². The van der Waals surface area contributed by atoms with Crippen LogP contribution in [0.15, 0.2) is 53.4 Å². The molecule has 0 aromatic heterocycles. The number of sulfone groups is 1. The number of carbonyl (C=O) groups is 1. The highest BCUT2D eigenvalue weighted by atomic mass is 32.2. The first-order valence-corrected chi connectivity index (χ1v) is 11.6. The molecule has 2 aliphatic rings. The van der Waals surface area contributed by atoms with Gasteiger partial charge >= 0.3 is 6.03 Å². The predicted octanol–water partition coefficient (Wildman–Crippen LogP) is 3.71. The summed E-state index contributed by atoms with van der Waals surface area (Å²) in [6, 6.07) is 13.4. The number of hydrogen-bond acceptors (Lipinski definition) is 5. The molecular formula is C22H26N2O5S. The normalized spacial score (nSPS) is 23.1. The summed E-state index contributed by atoms with van der Waals surface area (Å²) < 4.78 is 36.7. The quantitative estimate of drug-likeness (QED) is 0.782. The summed E-state index contributed by atoms with van der Waals surface area (Å²) in [7, 11) is -0.297. The van der Waals surface area contributed by atoms with Crippen molar-refractivity contribution in [3.05, 3.63) is 48.5 Å². The molecule has 160 valence electrons. The highest BCUT2D eigenvalue weighted by Gasteiger charge is 2.47. The van der Waals surface area contributed by atoms with Crippen LogP contribution in [0.3, 0.4) is 0 Å². The summed E-state index contributed by atoms with van der Waals surface area (Å²) in [5.74, 6) is 1.17. The molecule has 8 heteroatoms. The third-order valence-corrected chi connectivity index (χ3v) is 8.23. The summed E-state index contributed by atoms with van der Waals surface area (Å²) >= 11 is 0. The molecule has 30 heavy (non-hydrogen) atoms. The maximum atomic E-state index is 13.1. The fourth-order valence-electron chi connectivity index (χ4n) is 4.58. The second-order valence-electron chi connectivity index (χ2n) is 7.78. The van der Waals surface area contributed by atoms with Crippen molar-refractivity contribution in [1.82, 2.24) is 4.90 Å². The largest absolute Gasteiger partial charge is 0.497 e. The van der Waals surface area contributed by atoms with E-state index in [0.717, 1.165) is 12.8 Å². The second-order valence-corrected chi connectivity index (χ2v) is 10.0. The molecule has 2 aromatic rings. The van der Waals surface area contributed by atoms with Gasteiger partial charge < -0.3 is 19.7 Å². The van der Waals surface area contributed by atoms with Crippen molar-refractivity contribution >= 4 is 21.6 Å². The number of rotatable bonds is 5. The van der Waals surface area contributed by atoms with Crippen LogP contribution in [-0.4, -0.2) is 50.9 Å². The van der Waals surface area contributed by atoms with Gasteiger partial charge in [0.15, 0.2) is 9.84 Å². The molecule has 2 amide bonds. The molecule has 0 radical (unpaired) electrons. The Kier molecular flexibility index (Phi) is 5.60. The number of methoxy groups -OCH3 is 2. The number of anilines is 1. The highest BCUT2D eigenvalue weighted by Crippen LogP contribution is 2.40. The lowest BCUT2D eigenvalue weighted by Gasteiger charge is -2.38. The number of benzene rings is 2. The lowest BCUT2D eigenvalue weighted by Crippen LogP contribution is -2.51. The van der Waals surface area contributed by atoms with Crippen molar-refractivity contribution in [2.24, 2.45) is 0 Å². The highest BCUT2D eigenvalue weighted by molar-refractivity contribution is 7.92. The molecule has 0 aliphatic carbocycles. The summed E-state index contributed by atoms with van der Waals surface area (Å²) in [4.78, 5) is 15.2. The van der Waals surface area contributed by atoms with E-state index in [-0.39, 0.29) is 18.1 Å². The molecule has 2 heterocycles. The number of piperidine rings is 1. The van der Waals surface area contributed by atoms with Crippen molar-refractivity contribution in [3.8, 4) is 11.5 Å². The van der Waals surface area contributed by atoms with Crippen LogP contribution in [0, 0.1) is 0 Å². The standard InChI is InChI=1S/C22H26N2O5S/c1-28-18-10-15(11-19(14-18)29-2)23-22(25)24-16-8-9-17(24)13-21(12-16)30(26,27)20-6-4-3-5-7-20/h3-7,10-11,14,16-17,21H,8-9,12-13H2,1-2H3,(H,23,25). The SMILES string of the molecule is COc1cc(NC(=O)N2C3CCC2CC(S(=O)(=O)c2ccccc2)C3)cc(OC)c1. The predicted molar refractivity (Wildman–Crippen MR) is 114 cm³/mol. The Hall–Kier alpha value is -2.74. The fourth-order valence-corrected chi connectivity index (χ4v) is 6.45. The minimum Gasteiger partial charge on any atom is -0.497 e. The molecule has 2 saturated heterocycles. The number of carbonyl (C=O) groups excluding carboxylic acids is 1. The van der Waals surface area contributed by atoms with Gasteiger partial charge in [0.2, 0.25) is 0 Å². The van der Waals surface area contributed by atoms with Crippen LogP contribution in [0.2, 0.25) is 0 Å². The minimum atomic E-state index is -3.41. The summed E-state index contributed by atoms with van der Waals surface area (Å²) in [5.41, 5.74) is 0.578. The van der Waals surface area contributed by atoms with Crippen molar-refractivity contribution in [3.63, 3.8) is 0 Å². The van der Waals surface area contributed by atoms with Gasteiger partial charge in [-0.25, -0.2) is 13.2 Å². The molecule has 2 unspecified atom stereocenters. The molecule has 2 fully saturated rings. The lowest BCUT2D eigenvalue weighted by molar-refractivity contribution is 0.160. The Morgan fingerprint density at radius 3 is 2.07 bits per heavy atom. The van der Waals surface area contributed by atoms with Crippen molar-refractivity contribution < 1.29 is 22.7 Å². The van der Waals surface area contributed by atoms with Gasteiger partial charge in [-0.05, 0) is 37.8 Å². The monoisotopic (exact) mass is 430 g/mol. The number of amides is 2. The smallest absolute Gasteiger partial charge is 0.322 e. The van der Waals surface area contributed by atoms with E-state index >= 15 is 0 Å². The van der Waals surface area contributed by atoms with E-state index in [1.165, 1.54) is 0 Å². The molecule has 4 rings (SSSR count).